The number of aliphatic hydroxyl groups is 1. The molecule has 0 amide bonds. The summed E-state index contributed by atoms with van der Waals surface area (Å²) < 4.78 is 0. The highest BCUT2D eigenvalue weighted by molar-refractivity contribution is 5.85. The Morgan fingerprint density at radius 2 is 1.75 bits per heavy atom. The summed E-state index contributed by atoms with van der Waals surface area (Å²) >= 11 is 0. The molecule has 3 heteroatoms. The van der Waals surface area contributed by atoms with Crippen molar-refractivity contribution in [3.63, 3.8) is 0 Å². The summed E-state index contributed by atoms with van der Waals surface area (Å²) in [5, 5.41) is 13.4. The second kappa shape index (κ2) is 7.66. The van der Waals surface area contributed by atoms with Gasteiger partial charge in [0.25, 0.3) is 0 Å². The number of benzene rings is 1. The monoisotopic (exact) mass is 243 g/mol. The van der Waals surface area contributed by atoms with Crippen LogP contribution in [0.25, 0.3) is 0 Å². The molecule has 2 N–H and O–H groups in total. The third-order valence-electron chi connectivity index (χ3n) is 2.77. The number of aliphatic hydroxyl groups excluding tert-OH is 1. The van der Waals surface area contributed by atoms with Gasteiger partial charge in [0.05, 0.1) is 6.10 Å². The van der Waals surface area contributed by atoms with E-state index in [1.807, 2.05) is 37.3 Å². The fourth-order valence-electron chi connectivity index (χ4n) is 1.60. The van der Waals surface area contributed by atoms with E-state index < -0.39 is 6.10 Å². The van der Waals surface area contributed by atoms with Crippen LogP contribution in [0.3, 0.4) is 0 Å². The van der Waals surface area contributed by atoms with Crippen LogP contribution in [0.2, 0.25) is 0 Å². The number of nitrogens with one attached hydrogen (secondary N) is 1. The van der Waals surface area contributed by atoms with Crippen LogP contribution in [0.4, 0.5) is 0 Å². The molecule has 0 aliphatic carbocycles. The summed E-state index contributed by atoms with van der Waals surface area (Å²) in [4.78, 5) is 0. The van der Waals surface area contributed by atoms with Gasteiger partial charge in [-0.2, -0.15) is 0 Å². The van der Waals surface area contributed by atoms with Crippen LogP contribution in [-0.2, 0) is 0 Å². The Balaban J connectivity index is 0.00000225. The minimum absolute atomic E-state index is 0. The average Bonchev–Trinajstić information content (AvgIpc) is 2.29. The molecule has 92 valence electrons. The van der Waals surface area contributed by atoms with Crippen molar-refractivity contribution in [3.05, 3.63) is 35.9 Å². The molecule has 0 saturated carbocycles. The van der Waals surface area contributed by atoms with Gasteiger partial charge in [0, 0.05) is 12.1 Å². The zero-order chi connectivity index (χ0) is 11.3. The van der Waals surface area contributed by atoms with Crippen LogP contribution >= 0.6 is 12.4 Å². The van der Waals surface area contributed by atoms with Crippen LogP contribution in [0.5, 0.6) is 0 Å². The van der Waals surface area contributed by atoms with E-state index in [9.17, 15) is 5.11 Å². The molecular weight excluding hydrogens is 222 g/mol. The van der Waals surface area contributed by atoms with Crippen molar-refractivity contribution in [2.24, 2.45) is 0 Å². The van der Waals surface area contributed by atoms with Gasteiger partial charge in [0.1, 0.15) is 0 Å². The van der Waals surface area contributed by atoms with E-state index in [1.165, 1.54) is 0 Å². The second-order valence-corrected chi connectivity index (χ2v) is 4.12. The smallest absolute Gasteiger partial charge is 0.0940 e. The molecule has 0 saturated heterocycles. The highest BCUT2D eigenvalue weighted by Crippen LogP contribution is 2.16. The highest BCUT2D eigenvalue weighted by Gasteiger charge is 2.16. The summed E-state index contributed by atoms with van der Waals surface area (Å²) in [5.74, 6) is 0. The summed E-state index contributed by atoms with van der Waals surface area (Å²) in [6.45, 7) is 6.29. The zero-order valence-electron chi connectivity index (χ0n) is 10.2. The summed E-state index contributed by atoms with van der Waals surface area (Å²) in [7, 11) is 0. The van der Waals surface area contributed by atoms with Gasteiger partial charge < -0.3 is 10.4 Å². The maximum absolute atomic E-state index is 10.1. The van der Waals surface area contributed by atoms with Gasteiger partial charge in [0.2, 0.25) is 0 Å². The predicted octanol–water partition coefficient (Wildman–Crippen LogP) is 2.92. The van der Waals surface area contributed by atoms with Gasteiger partial charge in [-0.3, -0.25) is 0 Å². The van der Waals surface area contributed by atoms with Crippen molar-refractivity contribution in [3.8, 4) is 0 Å². The van der Waals surface area contributed by atoms with E-state index in [1.54, 1.807) is 0 Å². The summed E-state index contributed by atoms with van der Waals surface area (Å²) in [6.07, 6.45) is 0.645. The van der Waals surface area contributed by atoms with Crippen LogP contribution in [0, 0.1) is 0 Å². The molecule has 3 atom stereocenters. The SMILES string of the molecule is CCC(C)NC(C)C(O)c1ccccc1.Cl. The lowest BCUT2D eigenvalue weighted by atomic mass is 10.0. The highest BCUT2D eigenvalue weighted by atomic mass is 35.5. The lowest BCUT2D eigenvalue weighted by Gasteiger charge is -2.24. The molecule has 1 aromatic rings. The summed E-state index contributed by atoms with van der Waals surface area (Å²) in [5.41, 5.74) is 0.973. The maximum Gasteiger partial charge on any atom is 0.0940 e. The van der Waals surface area contributed by atoms with E-state index in [0.717, 1.165) is 12.0 Å². The Kier molecular flexibility index (Phi) is 7.39. The third kappa shape index (κ3) is 4.52. The van der Waals surface area contributed by atoms with Crippen molar-refractivity contribution < 1.29 is 5.11 Å². The van der Waals surface area contributed by atoms with Crippen molar-refractivity contribution in [1.29, 1.82) is 0 Å². The topological polar surface area (TPSA) is 32.3 Å². The van der Waals surface area contributed by atoms with E-state index >= 15 is 0 Å². The largest absolute Gasteiger partial charge is 0.387 e. The fraction of sp³-hybridized carbons (Fsp3) is 0.538. The van der Waals surface area contributed by atoms with Crippen LogP contribution < -0.4 is 5.32 Å². The Morgan fingerprint density at radius 3 is 2.25 bits per heavy atom. The third-order valence-corrected chi connectivity index (χ3v) is 2.77. The first-order valence-corrected chi connectivity index (χ1v) is 5.64. The standard InChI is InChI=1S/C13H21NO.ClH/c1-4-10(2)14-11(3)13(15)12-8-6-5-7-9-12;/h5-11,13-15H,4H2,1-3H3;1H. The van der Waals surface area contributed by atoms with Crippen LogP contribution in [-0.4, -0.2) is 17.2 Å². The molecule has 2 nitrogen and oxygen atoms in total. The first kappa shape index (κ1) is 15.4. The summed E-state index contributed by atoms with van der Waals surface area (Å²) in [6, 6.07) is 10.3. The van der Waals surface area contributed by atoms with E-state index in [-0.39, 0.29) is 18.4 Å². The minimum atomic E-state index is -0.430. The van der Waals surface area contributed by atoms with Crippen molar-refractivity contribution in [2.75, 3.05) is 0 Å². The molecule has 0 aliphatic heterocycles. The lowest BCUT2D eigenvalue weighted by Crippen LogP contribution is -2.38. The zero-order valence-corrected chi connectivity index (χ0v) is 11.0. The van der Waals surface area contributed by atoms with E-state index in [0.29, 0.717) is 6.04 Å². The van der Waals surface area contributed by atoms with E-state index in [2.05, 4.69) is 19.2 Å². The van der Waals surface area contributed by atoms with Gasteiger partial charge in [-0.25, -0.2) is 0 Å². The van der Waals surface area contributed by atoms with Gasteiger partial charge in [-0.05, 0) is 25.8 Å². The fourth-order valence-corrected chi connectivity index (χ4v) is 1.60. The lowest BCUT2D eigenvalue weighted by molar-refractivity contribution is 0.130. The van der Waals surface area contributed by atoms with Crippen LogP contribution in [0.15, 0.2) is 30.3 Å². The van der Waals surface area contributed by atoms with Gasteiger partial charge in [-0.15, -0.1) is 12.4 Å². The predicted molar refractivity (Wildman–Crippen MR) is 71.0 cm³/mol. The molecule has 0 aromatic heterocycles. The number of halogens is 1. The van der Waals surface area contributed by atoms with Crippen LogP contribution in [0.1, 0.15) is 38.9 Å². The molecule has 0 heterocycles. The average molecular weight is 244 g/mol. The molecule has 0 bridgehead atoms. The molecule has 0 radical (unpaired) electrons. The maximum atomic E-state index is 10.1. The second-order valence-electron chi connectivity index (χ2n) is 4.12. The molecule has 1 aromatic carbocycles. The molecule has 0 fully saturated rings. The molecule has 1 rings (SSSR count). The number of rotatable bonds is 5. The van der Waals surface area contributed by atoms with Gasteiger partial charge >= 0.3 is 0 Å². The van der Waals surface area contributed by atoms with Crippen molar-refractivity contribution in [1.82, 2.24) is 5.32 Å². The molecule has 0 spiro atoms. The van der Waals surface area contributed by atoms with Crippen molar-refractivity contribution >= 4 is 12.4 Å². The quantitative estimate of drug-likeness (QED) is 0.834. The molecule has 16 heavy (non-hydrogen) atoms. The first-order chi connectivity index (χ1) is 7.15. The Bertz CT molecular complexity index is 279. The van der Waals surface area contributed by atoms with Gasteiger partial charge in [0.15, 0.2) is 0 Å². The normalized spacial score (nSPS) is 16.0. The Labute approximate surface area is 104 Å². The van der Waals surface area contributed by atoms with Gasteiger partial charge in [-0.1, -0.05) is 37.3 Å². The molecular formula is C13H22ClNO. The number of hydrogen-bond donors (Lipinski definition) is 2. The Morgan fingerprint density at radius 1 is 1.19 bits per heavy atom. The minimum Gasteiger partial charge on any atom is -0.387 e. The van der Waals surface area contributed by atoms with E-state index in [4.69, 9.17) is 0 Å². The first-order valence-electron chi connectivity index (χ1n) is 5.64. The number of hydrogen-bond acceptors (Lipinski definition) is 2. The molecule has 3 unspecified atom stereocenters. The van der Waals surface area contributed by atoms with Crippen molar-refractivity contribution in [2.45, 2.75) is 45.4 Å². The molecule has 0 aliphatic rings. The Hall–Kier alpha value is -0.570.